The number of benzene rings is 2. The molecule has 0 saturated heterocycles. The minimum atomic E-state index is -0.281. The highest BCUT2D eigenvalue weighted by atomic mass is 32.1. The van der Waals surface area contributed by atoms with Crippen LogP contribution in [0.15, 0.2) is 60.1 Å². The van der Waals surface area contributed by atoms with Crippen LogP contribution >= 0.6 is 11.3 Å². The minimum absolute atomic E-state index is 0.0832. The lowest BCUT2D eigenvalue weighted by Gasteiger charge is -2.17. The van der Waals surface area contributed by atoms with Crippen molar-refractivity contribution in [2.24, 2.45) is 0 Å². The maximum atomic E-state index is 13.2. The predicted molar refractivity (Wildman–Crippen MR) is 112 cm³/mol. The van der Waals surface area contributed by atoms with E-state index in [1.165, 1.54) is 23.5 Å². The summed E-state index contributed by atoms with van der Waals surface area (Å²) in [6.45, 7) is 1.93. The number of thiazole rings is 1. The van der Waals surface area contributed by atoms with Gasteiger partial charge in [0.1, 0.15) is 11.6 Å². The third kappa shape index (κ3) is 4.00. The molecule has 0 bridgehead atoms. The number of halogens is 1. The zero-order valence-electron chi connectivity index (χ0n) is 16.1. The summed E-state index contributed by atoms with van der Waals surface area (Å²) in [5.74, 6) is 0.383. The number of amides is 1. The van der Waals surface area contributed by atoms with Crippen molar-refractivity contribution < 1.29 is 13.9 Å². The fourth-order valence-electron chi connectivity index (χ4n) is 3.28. The number of imidazole rings is 1. The third-order valence-electron chi connectivity index (χ3n) is 4.75. The molecule has 0 aliphatic carbocycles. The topological polar surface area (TPSA) is 55.6 Å². The normalized spacial score (nSPS) is 12.1. The summed E-state index contributed by atoms with van der Waals surface area (Å²) in [4.78, 5) is 18.0. The van der Waals surface area contributed by atoms with E-state index in [4.69, 9.17) is 4.74 Å². The summed E-state index contributed by atoms with van der Waals surface area (Å²) in [6, 6.07) is 13.7. The predicted octanol–water partition coefficient (Wildman–Crippen LogP) is 4.63. The van der Waals surface area contributed by atoms with Gasteiger partial charge in [0.15, 0.2) is 4.96 Å². The van der Waals surface area contributed by atoms with E-state index >= 15 is 0 Å². The Bertz CT molecular complexity index is 1150. The number of ether oxygens (including phenoxy) is 1. The first-order valence-electron chi connectivity index (χ1n) is 9.19. The van der Waals surface area contributed by atoms with Crippen LogP contribution in [0.4, 0.5) is 4.39 Å². The molecule has 0 aliphatic heterocycles. The Morgan fingerprint density at radius 2 is 2.00 bits per heavy atom. The second kappa shape index (κ2) is 8.05. The Kier molecular flexibility index (Phi) is 5.31. The molecule has 148 valence electrons. The Morgan fingerprint density at radius 3 is 2.76 bits per heavy atom. The molecule has 4 rings (SSSR count). The molecular weight excluding hydrogens is 389 g/mol. The number of aromatic nitrogens is 2. The molecule has 5 nitrogen and oxygen atoms in total. The van der Waals surface area contributed by atoms with Crippen molar-refractivity contribution in [1.29, 1.82) is 0 Å². The lowest BCUT2D eigenvalue weighted by molar-refractivity contribution is -0.121. The van der Waals surface area contributed by atoms with Crippen molar-refractivity contribution in [3.05, 3.63) is 77.2 Å². The minimum Gasteiger partial charge on any atom is -0.496 e. The molecule has 4 aromatic rings. The fraction of sp³-hybridized carbons (Fsp3) is 0.182. The summed E-state index contributed by atoms with van der Waals surface area (Å²) in [6.07, 6.45) is 2.12. The van der Waals surface area contributed by atoms with Crippen LogP contribution in [0.25, 0.3) is 16.2 Å². The maximum absolute atomic E-state index is 13.2. The SMILES string of the molecule is COc1ccccc1[C@H](C)NC(=O)Cc1csc2nc(-c3ccc(F)cc3)cn12. The average Bonchev–Trinajstić information content (AvgIpc) is 3.30. The van der Waals surface area contributed by atoms with Gasteiger partial charge in [-0.2, -0.15) is 0 Å². The van der Waals surface area contributed by atoms with Crippen LogP contribution in [0.1, 0.15) is 24.2 Å². The largest absolute Gasteiger partial charge is 0.496 e. The molecule has 0 unspecified atom stereocenters. The molecule has 1 N–H and O–H groups in total. The van der Waals surface area contributed by atoms with Crippen LogP contribution in [0.2, 0.25) is 0 Å². The van der Waals surface area contributed by atoms with Crippen molar-refractivity contribution in [2.75, 3.05) is 7.11 Å². The van der Waals surface area contributed by atoms with E-state index in [1.54, 1.807) is 19.2 Å². The van der Waals surface area contributed by atoms with E-state index in [2.05, 4.69) is 10.3 Å². The lowest BCUT2D eigenvalue weighted by Crippen LogP contribution is -2.28. The van der Waals surface area contributed by atoms with Crippen molar-refractivity contribution in [2.45, 2.75) is 19.4 Å². The third-order valence-corrected chi connectivity index (χ3v) is 5.64. The van der Waals surface area contributed by atoms with Gasteiger partial charge in [-0.15, -0.1) is 11.3 Å². The number of hydrogen-bond acceptors (Lipinski definition) is 4. The van der Waals surface area contributed by atoms with Gasteiger partial charge in [-0.25, -0.2) is 9.37 Å². The van der Waals surface area contributed by atoms with Gasteiger partial charge in [0.25, 0.3) is 0 Å². The zero-order chi connectivity index (χ0) is 20.4. The van der Waals surface area contributed by atoms with Crippen LogP contribution in [-0.4, -0.2) is 22.4 Å². The summed E-state index contributed by atoms with van der Waals surface area (Å²) in [5, 5.41) is 4.96. The first-order valence-corrected chi connectivity index (χ1v) is 10.1. The Balaban J connectivity index is 1.50. The molecule has 2 heterocycles. The molecule has 29 heavy (non-hydrogen) atoms. The molecule has 0 radical (unpaired) electrons. The second-order valence-corrected chi connectivity index (χ2v) is 7.56. The highest BCUT2D eigenvalue weighted by Crippen LogP contribution is 2.26. The van der Waals surface area contributed by atoms with E-state index in [9.17, 15) is 9.18 Å². The maximum Gasteiger partial charge on any atom is 0.226 e. The molecule has 1 amide bonds. The number of carbonyl (C=O) groups excluding carboxylic acids is 1. The standard InChI is InChI=1S/C22H20FN3O2S/c1-14(18-5-3-4-6-20(18)28-2)24-21(27)11-17-13-29-22-25-19(12-26(17)22)15-7-9-16(23)10-8-15/h3-10,12-14H,11H2,1-2H3,(H,24,27)/t14-/m0/s1. The highest BCUT2D eigenvalue weighted by molar-refractivity contribution is 7.15. The molecule has 7 heteroatoms. The first-order chi connectivity index (χ1) is 14.0. The van der Waals surface area contributed by atoms with Gasteiger partial charge in [0.2, 0.25) is 5.91 Å². The Labute approximate surface area is 171 Å². The zero-order valence-corrected chi connectivity index (χ0v) is 16.9. The molecule has 0 spiro atoms. The molecule has 0 fully saturated rings. The number of nitrogens with one attached hydrogen (secondary N) is 1. The van der Waals surface area contributed by atoms with Gasteiger partial charge >= 0.3 is 0 Å². The number of hydrogen-bond donors (Lipinski definition) is 1. The average molecular weight is 409 g/mol. The lowest BCUT2D eigenvalue weighted by atomic mass is 10.1. The van der Waals surface area contributed by atoms with Crippen molar-refractivity contribution in [3.63, 3.8) is 0 Å². The number of fused-ring (bicyclic) bond motifs is 1. The number of nitrogens with zero attached hydrogens (tertiary/aromatic N) is 2. The highest BCUT2D eigenvalue weighted by Gasteiger charge is 2.16. The van der Waals surface area contributed by atoms with Gasteiger partial charge in [-0.1, -0.05) is 18.2 Å². The fourth-order valence-corrected chi connectivity index (χ4v) is 4.15. The van der Waals surface area contributed by atoms with E-state index < -0.39 is 0 Å². The van der Waals surface area contributed by atoms with Crippen molar-refractivity contribution in [3.8, 4) is 17.0 Å². The van der Waals surface area contributed by atoms with Crippen LogP contribution < -0.4 is 10.1 Å². The van der Waals surface area contributed by atoms with Gasteiger partial charge in [0, 0.05) is 28.4 Å². The number of carbonyl (C=O) groups is 1. The van der Waals surface area contributed by atoms with Crippen molar-refractivity contribution in [1.82, 2.24) is 14.7 Å². The van der Waals surface area contributed by atoms with Crippen LogP contribution in [0.5, 0.6) is 5.75 Å². The molecule has 2 aromatic carbocycles. The Morgan fingerprint density at radius 1 is 1.24 bits per heavy atom. The monoisotopic (exact) mass is 409 g/mol. The molecule has 0 aliphatic rings. The van der Waals surface area contributed by atoms with Gasteiger partial charge in [-0.3, -0.25) is 9.20 Å². The number of rotatable bonds is 6. The first kappa shape index (κ1) is 19.1. The molecule has 2 aromatic heterocycles. The smallest absolute Gasteiger partial charge is 0.226 e. The van der Waals surface area contributed by atoms with Gasteiger partial charge < -0.3 is 10.1 Å². The van der Waals surface area contributed by atoms with Crippen molar-refractivity contribution >= 4 is 22.2 Å². The van der Waals surface area contributed by atoms with Crippen LogP contribution in [0, 0.1) is 5.82 Å². The van der Waals surface area contributed by atoms with Gasteiger partial charge in [0.05, 0.1) is 25.3 Å². The Hall–Kier alpha value is -3.19. The van der Waals surface area contributed by atoms with Crippen LogP contribution in [-0.2, 0) is 11.2 Å². The van der Waals surface area contributed by atoms with Gasteiger partial charge in [-0.05, 0) is 37.3 Å². The molecule has 1 atom stereocenters. The number of para-hydroxylation sites is 1. The van der Waals surface area contributed by atoms with Crippen LogP contribution in [0.3, 0.4) is 0 Å². The van der Waals surface area contributed by atoms with E-state index in [0.717, 1.165) is 33.2 Å². The van der Waals surface area contributed by atoms with E-state index in [-0.39, 0.29) is 24.2 Å². The molecular formula is C22H20FN3O2S. The number of methoxy groups -OCH3 is 1. The second-order valence-electron chi connectivity index (χ2n) is 6.72. The molecule has 0 saturated carbocycles. The van der Waals surface area contributed by atoms with E-state index in [1.807, 2.05) is 47.2 Å². The summed E-state index contributed by atoms with van der Waals surface area (Å²) < 4.78 is 20.4. The summed E-state index contributed by atoms with van der Waals surface area (Å²) >= 11 is 1.47. The summed E-state index contributed by atoms with van der Waals surface area (Å²) in [5.41, 5.74) is 3.37. The van der Waals surface area contributed by atoms with E-state index in [0.29, 0.717) is 0 Å². The quantitative estimate of drug-likeness (QED) is 0.505. The summed E-state index contributed by atoms with van der Waals surface area (Å²) in [7, 11) is 1.62.